The first kappa shape index (κ1) is 17.9. The third kappa shape index (κ3) is 5.64. The van der Waals surface area contributed by atoms with Crippen molar-refractivity contribution in [1.29, 1.82) is 0 Å². The molecule has 0 aliphatic carbocycles. The smallest absolute Gasteiger partial charge is 0.326 e. The van der Waals surface area contributed by atoms with E-state index in [1.165, 1.54) is 7.11 Å². The van der Waals surface area contributed by atoms with Crippen molar-refractivity contribution in [1.82, 2.24) is 5.32 Å². The Balaban J connectivity index is 2.74. The molecule has 21 heavy (non-hydrogen) atoms. The van der Waals surface area contributed by atoms with Crippen LogP contribution in [0, 0.1) is 6.92 Å². The van der Waals surface area contributed by atoms with Crippen LogP contribution in [0.1, 0.15) is 12.0 Å². The number of carboxylic acids is 1. The molecular formula is C13H16Br2N2O4. The first-order valence-electron chi connectivity index (χ1n) is 6.10. The van der Waals surface area contributed by atoms with Gasteiger partial charge in [-0.05, 0) is 56.5 Å². The van der Waals surface area contributed by atoms with Gasteiger partial charge in [0.2, 0.25) is 0 Å². The number of carbonyl (C=O) groups excluding carboxylic acids is 1. The Bertz CT molecular complexity index is 514. The molecule has 1 unspecified atom stereocenters. The lowest BCUT2D eigenvalue weighted by atomic mass is 10.2. The molecule has 0 aliphatic rings. The van der Waals surface area contributed by atoms with Gasteiger partial charge in [0.1, 0.15) is 6.04 Å². The number of aliphatic carboxylic acids is 1. The number of halogens is 2. The predicted octanol–water partition coefficient (Wildman–Crippen LogP) is 3.13. The van der Waals surface area contributed by atoms with Gasteiger partial charge in [-0.3, -0.25) is 0 Å². The van der Waals surface area contributed by atoms with Crippen LogP contribution in [0.3, 0.4) is 0 Å². The number of carboxylic acid groups (broad SMARTS) is 1. The maximum atomic E-state index is 11.9. The quantitative estimate of drug-likeness (QED) is 0.655. The van der Waals surface area contributed by atoms with Crippen LogP contribution in [0.15, 0.2) is 21.1 Å². The van der Waals surface area contributed by atoms with Crippen molar-refractivity contribution >= 4 is 49.5 Å². The fourth-order valence-corrected chi connectivity index (χ4v) is 3.23. The highest BCUT2D eigenvalue weighted by molar-refractivity contribution is 9.11. The maximum absolute atomic E-state index is 11.9. The third-order valence-corrected chi connectivity index (χ3v) is 3.89. The number of urea groups is 1. The van der Waals surface area contributed by atoms with Gasteiger partial charge in [-0.25, -0.2) is 9.59 Å². The minimum absolute atomic E-state index is 0.190. The second-order valence-electron chi connectivity index (χ2n) is 4.37. The Morgan fingerprint density at radius 3 is 2.38 bits per heavy atom. The van der Waals surface area contributed by atoms with E-state index < -0.39 is 18.0 Å². The monoisotopic (exact) mass is 422 g/mol. The zero-order chi connectivity index (χ0) is 16.0. The Morgan fingerprint density at radius 1 is 1.33 bits per heavy atom. The van der Waals surface area contributed by atoms with E-state index in [-0.39, 0.29) is 13.0 Å². The molecule has 0 saturated carbocycles. The van der Waals surface area contributed by atoms with E-state index in [9.17, 15) is 9.59 Å². The number of nitrogens with one attached hydrogen (secondary N) is 2. The Morgan fingerprint density at radius 2 is 1.90 bits per heavy atom. The van der Waals surface area contributed by atoms with Crippen LogP contribution in [-0.2, 0) is 9.53 Å². The first-order chi connectivity index (χ1) is 9.85. The van der Waals surface area contributed by atoms with Crippen molar-refractivity contribution in [3.8, 4) is 0 Å². The van der Waals surface area contributed by atoms with Crippen molar-refractivity contribution < 1.29 is 19.4 Å². The molecule has 6 nitrogen and oxygen atoms in total. The Labute approximate surface area is 139 Å². The van der Waals surface area contributed by atoms with E-state index in [4.69, 9.17) is 9.84 Å². The summed E-state index contributed by atoms with van der Waals surface area (Å²) in [5.41, 5.74) is 1.55. The van der Waals surface area contributed by atoms with E-state index >= 15 is 0 Å². The number of aryl methyl sites for hydroxylation is 1. The lowest BCUT2D eigenvalue weighted by molar-refractivity contribution is -0.139. The topological polar surface area (TPSA) is 87.7 Å². The number of hydrogen-bond acceptors (Lipinski definition) is 3. The van der Waals surface area contributed by atoms with Crippen LogP contribution in [0.25, 0.3) is 0 Å². The second kappa shape index (κ2) is 8.35. The summed E-state index contributed by atoms with van der Waals surface area (Å²) in [6, 6.07) is 2.09. The molecule has 116 valence electrons. The van der Waals surface area contributed by atoms with Gasteiger partial charge in [-0.1, -0.05) is 0 Å². The molecule has 0 aromatic heterocycles. The van der Waals surface area contributed by atoms with E-state index in [1.54, 1.807) is 0 Å². The predicted molar refractivity (Wildman–Crippen MR) is 86.7 cm³/mol. The lowest BCUT2D eigenvalue weighted by Crippen LogP contribution is -2.43. The highest BCUT2D eigenvalue weighted by Crippen LogP contribution is 2.32. The SMILES string of the molecule is COCCC(NC(=O)Nc1c(Br)cc(C)cc1Br)C(=O)O. The van der Waals surface area contributed by atoms with Gasteiger partial charge in [0.15, 0.2) is 0 Å². The molecule has 0 radical (unpaired) electrons. The van der Waals surface area contributed by atoms with Crippen molar-refractivity contribution in [2.75, 3.05) is 19.0 Å². The average molecular weight is 424 g/mol. The van der Waals surface area contributed by atoms with E-state index in [2.05, 4.69) is 42.5 Å². The minimum atomic E-state index is -1.11. The summed E-state index contributed by atoms with van der Waals surface area (Å²) < 4.78 is 6.23. The fourth-order valence-electron chi connectivity index (χ4n) is 1.62. The normalized spacial score (nSPS) is 11.8. The van der Waals surface area contributed by atoms with Crippen molar-refractivity contribution in [3.05, 3.63) is 26.6 Å². The molecule has 2 amide bonds. The molecule has 1 atom stereocenters. The van der Waals surface area contributed by atoms with Gasteiger partial charge < -0.3 is 20.5 Å². The van der Waals surface area contributed by atoms with E-state index in [1.807, 2.05) is 19.1 Å². The average Bonchev–Trinajstić information content (AvgIpc) is 2.38. The van der Waals surface area contributed by atoms with Crippen LogP contribution >= 0.6 is 31.9 Å². The molecule has 0 saturated heterocycles. The zero-order valence-electron chi connectivity index (χ0n) is 11.6. The summed E-state index contributed by atoms with van der Waals surface area (Å²) >= 11 is 6.71. The van der Waals surface area contributed by atoms with Crippen LogP contribution in [-0.4, -0.2) is 36.9 Å². The first-order valence-corrected chi connectivity index (χ1v) is 7.68. The number of anilines is 1. The number of rotatable bonds is 6. The summed E-state index contributed by atoms with van der Waals surface area (Å²) in [5, 5.41) is 14.1. The van der Waals surface area contributed by atoms with E-state index in [0.717, 1.165) is 5.56 Å². The molecule has 3 N–H and O–H groups in total. The Kier molecular flexibility index (Phi) is 7.13. The molecule has 8 heteroatoms. The van der Waals surface area contributed by atoms with Gasteiger partial charge in [0, 0.05) is 29.1 Å². The molecule has 0 heterocycles. The van der Waals surface area contributed by atoms with Gasteiger partial charge in [-0.2, -0.15) is 0 Å². The number of hydrogen-bond donors (Lipinski definition) is 3. The molecule has 0 fully saturated rings. The van der Waals surface area contributed by atoms with Crippen molar-refractivity contribution in [2.24, 2.45) is 0 Å². The maximum Gasteiger partial charge on any atom is 0.326 e. The molecular weight excluding hydrogens is 408 g/mol. The summed E-state index contributed by atoms with van der Waals surface area (Å²) in [4.78, 5) is 23.0. The molecule has 1 aromatic rings. The highest BCUT2D eigenvalue weighted by atomic mass is 79.9. The van der Waals surface area contributed by atoms with Crippen LogP contribution in [0.5, 0.6) is 0 Å². The highest BCUT2D eigenvalue weighted by Gasteiger charge is 2.20. The molecule has 1 rings (SSSR count). The summed E-state index contributed by atoms with van der Waals surface area (Å²) in [7, 11) is 1.47. The molecule has 1 aromatic carbocycles. The van der Waals surface area contributed by atoms with Crippen molar-refractivity contribution in [2.45, 2.75) is 19.4 Å². The van der Waals surface area contributed by atoms with Crippen LogP contribution in [0.4, 0.5) is 10.5 Å². The Hall–Kier alpha value is -1.12. The van der Waals surface area contributed by atoms with Gasteiger partial charge in [0.25, 0.3) is 0 Å². The minimum Gasteiger partial charge on any atom is -0.480 e. The summed E-state index contributed by atoms with van der Waals surface area (Å²) in [6.45, 7) is 2.17. The van der Waals surface area contributed by atoms with Crippen molar-refractivity contribution in [3.63, 3.8) is 0 Å². The number of carbonyl (C=O) groups is 2. The van der Waals surface area contributed by atoms with E-state index in [0.29, 0.717) is 14.6 Å². The number of methoxy groups -OCH3 is 1. The molecule has 0 bridgehead atoms. The molecule has 0 aliphatic heterocycles. The third-order valence-electron chi connectivity index (χ3n) is 2.64. The van der Waals surface area contributed by atoms with Gasteiger partial charge in [0.05, 0.1) is 5.69 Å². The van der Waals surface area contributed by atoms with Crippen LogP contribution in [0.2, 0.25) is 0 Å². The fraction of sp³-hybridized carbons (Fsp3) is 0.385. The standard InChI is InChI=1S/C13H16Br2N2O4/c1-7-5-8(14)11(9(15)6-7)17-13(20)16-10(12(18)19)3-4-21-2/h5-6,10H,3-4H2,1-2H3,(H,18,19)(H2,16,17,20). The van der Waals surface area contributed by atoms with Gasteiger partial charge in [-0.15, -0.1) is 0 Å². The van der Waals surface area contributed by atoms with Gasteiger partial charge >= 0.3 is 12.0 Å². The largest absolute Gasteiger partial charge is 0.480 e. The van der Waals surface area contributed by atoms with Crippen LogP contribution < -0.4 is 10.6 Å². The second-order valence-corrected chi connectivity index (χ2v) is 6.08. The lowest BCUT2D eigenvalue weighted by Gasteiger charge is -2.16. The number of benzene rings is 1. The summed E-state index contributed by atoms with van der Waals surface area (Å²) in [5.74, 6) is -1.11. The summed E-state index contributed by atoms with van der Waals surface area (Å²) in [6.07, 6.45) is 0.190. The molecule has 0 spiro atoms. The number of ether oxygens (including phenoxy) is 1. The zero-order valence-corrected chi connectivity index (χ0v) is 14.7. The number of amides is 2.